The van der Waals surface area contributed by atoms with E-state index in [1.54, 1.807) is 0 Å². The van der Waals surface area contributed by atoms with Gasteiger partial charge in [-0.1, -0.05) is 15.9 Å². The van der Waals surface area contributed by atoms with Gasteiger partial charge in [-0.25, -0.2) is 13.9 Å². The lowest BCUT2D eigenvalue weighted by Crippen LogP contribution is -2.29. The molecule has 0 radical (unpaired) electrons. The molecule has 0 aliphatic carbocycles. The van der Waals surface area contributed by atoms with Gasteiger partial charge in [-0.2, -0.15) is 8.42 Å². The minimum atomic E-state index is -4.25. The SMILES string of the molecule is O=C(NS(=O)(=O)Cl)Oc1ccc(Br)cc1F. The molecule has 0 spiro atoms. The maximum absolute atomic E-state index is 13.1. The van der Waals surface area contributed by atoms with E-state index in [2.05, 4.69) is 20.7 Å². The van der Waals surface area contributed by atoms with Crippen LogP contribution in [0.15, 0.2) is 22.7 Å². The molecule has 0 saturated carbocycles. The molecule has 0 bridgehead atoms. The fourth-order valence-electron chi connectivity index (χ4n) is 0.778. The smallest absolute Gasteiger partial charge is 0.406 e. The van der Waals surface area contributed by atoms with E-state index >= 15 is 0 Å². The molecule has 0 unspecified atom stereocenters. The number of rotatable bonds is 2. The van der Waals surface area contributed by atoms with Gasteiger partial charge in [-0.3, -0.25) is 0 Å². The second kappa shape index (κ2) is 4.98. The Labute approximate surface area is 103 Å². The summed E-state index contributed by atoms with van der Waals surface area (Å²) in [5.74, 6) is -1.24. The van der Waals surface area contributed by atoms with Crippen molar-refractivity contribution in [2.24, 2.45) is 0 Å². The number of carbonyl (C=O) groups excluding carboxylic acids is 1. The predicted octanol–water partition coefficient (Wildman–Crippen LogP) is 2.16. The molecule has 9 heteroatoms. The van der Waals surface area contributed by atoms with E-state index in [4.69, 9.17) is 10.7 Å². The highest BCUT2D eigenvalue weighted by molar-refractivity contribution is 9.10. The fraction of sp³-hybridized carbons (Fsp3) is 0. The summed E-state index contributed by atoms with van der Waals surface area (Å²) in [6.45, 7) is 0. The molecule has 1 aromatic rings. The summed E-state index contributed by atoms with van der Waals surface area (Å²) < 4.78 is 40.1. The van der Waals surface area contributed by atoms with Crippen LogP contribution in [0.25, 0.3) is 0 Å². The van der Waals surface area contributed by atoms with Gasteiger partial charge >= 0.3 is 15.3 Å². The summed E-state index contributed by atoms with van der Waals surface area (Å²) in [7, 11) is 0.470. The van der Waals surface area contributed by atoms with E-state index in [-0.39, 0.29) is 0 Å². The number of ether oxygens (including phenoxy) is 1. The number of halogens is 3. The average molecular weight is 333 g/mol. The van der Waals surface area contributed by atoms with Crippen LogP contribution in [0.3, 0.4) is 0 Å². The zero-order valence-electron chi connectivity index (χ0n) is 7.41. The first kappa shape index (κ1) is 13.2. The molecule has 0 aliphatic rings. The molecule has 1 amide bonds. The van der Waals surface area contributed by atoms with Crippen molar-refractivity contribution in [1.82, 2.24) is 4.72 Å². The monoisotopic (exact) mass is 331 g/mol. The Balaban J connectivity index is 2.78. The predicted molar refractivity (Wildman–Crippen MR) is 58.0 cm³/mol. The third kappa shape index (κ3) is 4.33. The molecule has 16 heavy (non-hydrogen) atoms. The molecule has 0 aromatic heterocycles. The number of nitrogens with one attached hydrogen (secondary N) is 1. The average Bonchev–Trinajstić information content (AvgIpc) is 2.06. The molecule has 1 N–H and O–H groups in total. The number of benzene rings is 1. The van der Waals surface area contributed by atoms with E-state index in [1.807, 2.05) is 0 Å². The van der Waals surface area contributed by atoms with E-state index in [0.717, 1.165) is 12.1 Å². The number of hydrogen-bond donors (Lipinski definition) is 1. The number of amides is 1. The second-order valence-corrected chi connectivity index (χ2v) is 5.72. The van der Waals surface area contributed by atoms with Gasteiger partial charge in [0.2, 0.25) is 0 Å². The first-order valence-corrected chi connectivity index (χ1v) is 6.77. The Kier molecular flexibility index (Phi) is 4.11. The van der Waals surface area contributed by atoms with Gasteiger partial charge in [0.1, 0.15) is 0 Å². The molecule has 1 rings (SSSR count). The maximum atomic E-state index is 13.1. The van der Waals surface area contributed by atoms with Gasteiger partial charge in [0.15, 0.2) is 11.6 Å². The summed E-state index contributed by atoms with van der Waals surface area (Å²) in [6.07, 6.45) is -1.39. The Morgan fingerprint density at radius 2 is 2.12 bits per heavy atom. The molecule has 88 valence electrons. The van der Waals surface area contributed by atoms with Gasteiger partial charge < -0.3 is 4.74 Å². The Morgan fingerprint density at radius 1 is 1.50 bits per heavy atom. The fourth-order valence-corrected chi connectivity index (χ4v) is 1.54. The zero-order chi connectivity index (χ0) is 12.3. The zero-order valence-corrected chi connectivity index (χ0v) is 10.6. The summed E-state index contributed by atoms with van der Waals surface area (Å²) in [5.41, 5.74) is 0. The highest BCUT2D eigenvalue weighted by atomic mass is 79.9. The van der Waals surface area contributed by atoms with Gasteiger partial charge in [0, 0.05) is 15.2 Å². The van der Waals surface area contributed by atoms with Crippen LogP contribution in [0.2, 0.25) is 0 Å². The first-order chi connectivity index (χ1) is 7.28. The van der Waals surface area contributed by atoms with Crippen LogP contribution in [0, 0.1) is 5.82 Å². The highest BCUT2D eigenvalue weighted by Crippen LogP contribution is 2.21. The second-order valence-electron chi connectivity index (χ2n) is 2.50. The summed E-state index contributed by atoms with van der Waals surface area (Å²) in [5, 5.41) is 0. The minimum Gasteiger partial charge on any atom is -0.406 e. The molecule has 0 aliphatic heterocycles. The lowest BCUT2D eigenvalue weighted by molar-refractivity contribution is 0.205. The van der Waals surface area contributed by atoms with Crippen LogP contribution >= 0.6 is 26.6 Å². The van der Waals surface area contributed by atoms with Crippen molar-refractivity contribution in [3.8, 4) is 5.75 Å². The van der Waals surface area contributed by atoms with Crippen molar-refractivity contribution in [1.29, 1.82) is 0 Å². The third-order valence-corrected chi connectivity index (χ3v) is 2.44. The number of hydrogen-bond acceptors (Lipinski definition) is 4. The molecule has 0 saturated heterocycles. The Bertz CT molecular complexity index is 521. The topological polar surface area (TPSA) is 72.5 Å². The quantitative estimate of drug-likeness (QED) is 0.842. The molecule has 0 atom stereocenters. The molecular weight excluding hydrogens is 329 g/mol. The summed E-state index contributed by atoms with van der Waals surface area (Å²) in [6, 6.07) is 3.62. The molecule has 0 heterocycles. The van der Waals surface area contributed by atoms with Crippen LogP contribution < -0.4 is 9.46 Å². The summed E-state index contributed by atoms with van der Waals surface area (Å²) >= 11 is 3.00. The van der Waals surface area contributed by atoms with Crippen molar-refractivity contribution >= 4 is 41.9 Å². The van der Waals surface area contributed by atoms with E-state index in [1.165, 1.54) is 10.8 Å². The van der Waals surface area contributed by atoms with Gasteiger partial charge in [0.25, 0.3) is 0 Å². The third-order valence-electron chi connectivity index (χ3n) is 1.30. The Hall–Kier alpha value is -0.860. The molecule has 0 fully saturated rings. The standard InChI is InChI=1S/C7H4BrClFNO4S/c8-4-1-2-6(5(10)3-4)15-7(12)11-16(9,13)14/h1-3H,(H,11,12). The van der Waals surface area contributed by atoms with Crippen molar-refractivity contribution < 1.29 is 22.3 Å². The summed E-state index contributed by atoms with van der Waals surface area (Å²) in [4.78, 5) is 10.9. The van der Waals surface area contributed by atoms with Crippen LogP contribution in [0.1, 0.15) is 0 Å². The normalized spacial score (nSPS) is 10.9. The van der Waals surface area contributed by atoms with Crippen LogP contribution in [-0.4, -0.2) is 14.5 Å². The van der Waals surface area contributed by atoms with Crippen LogP contribution in [0.4, 0.5) is 9.18 Å². The van der Waals surface area contributed by atoms with Crippen molar-refractivity contribution in [2.45, 2.75) is 0 Å². The lowest BCUT2D eigenvalue weighted by atomic mass is 10.3. The van der Waals surface area contributed by atoms with Crippen molar-refractivity contribution in [3.63, 3.8) is 0 Å². The molecular formula is C7H4BrClFNO4S. The minimum absolute atomic E-state index is 0.416. The van der Waals surface area contributed by atoms with E-state index < -0.39 is 26.9 Å². The molecule has 5 nitrogen and oxygen atoms in total. The van der Waals surface area contributed by atoms with Gasteiger partial charge in [0.05, 0.1) is 0 Å². The molecule has 1 aromatic carbocycles. The maximum Gasteiger partial charge on any atom is 0.427 e. The first-order valence-electron chi connectivity index (χ1n) is 3.67. The number of carbonyl (C=O) groups is 1. The largest absolute Gasteiger partial charge is 0.427 e. The Morgan fingerprint density at radius 3 is 2.62 bits per heavy atom. The van der Waals surface area contributed by atoms with Crippen LogP contribution in [0.5, 0.6) is 5.75 Å². The highest BCUT2D eigenvalue weighted by Gasteiger charge is 2.14. The van der Waals surface area contributed by atoms with E-state index in [9.17, 15) is 17.6 Å². The van der Waals surface area contributed by atoms with Crippen molar-refractivity contribution in [3.05, 3.63) is 28.5 Å². The van der Waals surface area contributed by atoms with Crippen LogP contribution in [-0.2, 0) is 9.24 Å². The van der Waals surface area contributed by atoms with Gasteiger partial charge in [-0.15, -0.1) is 0 Å². The van der Waals surface area contributed by atoms with Gasteiger partial charge in [-0.05, 0) is 18.2 Å². The van der Waals surface area contributed by atoms with Crippen molar-refractivity contribution in [2.75, 3.05) is 0 Å². The van der Waals surface area contributed by atoms with E-state index in [0.29, 0.717) is 4.47 Å². The lowest BCUT2D eigenvalue weighted by Gasteiger charge is -2.04.